The number of rotatable bonds is 3. The van der Waals surface area contributed by atoms with Crippen LogP contribution < -0.4 is 0 Å². The monoisotopic (exact) mass is 300 g/mol. The molecule has 20 heavy (non-hydrogen) atoms. The molecule has 1 fully saturated rings. The number of Topliss-reactive ketones (excluding diaryl/α,β-unsaturated/α-hetero) is 1. The second-order valence-corrected chi connectivity index (χ2v) is 12.9. The van der Waals surface area contributed by atoms with Crippen LogP contribution in [0.4, 0.5) is 0 Å². The van der Waals surface area contributed by atoms with Crippen LogP contribution in [0.2, 0.25) is 10.1 Å². The average molecular weight is 301 g/mol. The number of hydrogen-bond acceptors (Lipinski definition) is 3. The molecule has 2 atom stereocenters. The van der Waals surface area contributed by atoms with Crippen LogP contribution in [-0.2, 0) is 13.6 Å². The Bertz CT molecular complexity index is 338. The molecule has 0 saturated carbocycles. The molecule has 0 unspecified atom stereocenters. The van der Waals surface area contributed by atoms with E-state index in [1.807, 2.05) is 0 Å². The highest BCUT2D eigenvalue weighted by Crippen LogP contribution is 2.55. The predicted octanol–water partition coefficient (Wildman–Crippen LogP) is 4.59. The van der Waals surface area contributed by atoms with E-state index in [-0.39, 0.29) is 28.1 Å². The average Bonchev–Trinajstić information content (AvgIpc) is 2.24. The van der Waals surface area contributed by atoms with Gasteiger partial charge in [-0.15, -0.1) is 0 Å². The molecule has 3 nitrogen and oxygen atoms in total. The standard InChI is InChI=1S/C16H32O3Si/c1-9-13-11-14(10-12(2)17)19-20(18-13,15(3,4)5)16(6,7)8/h13-14H,9-11H2,1-8H3/t13-,14-/m1/s1. The third-order valence-corrected chi connectivity index (χ3v) is 9.42. The molecule has 0 N–H and O–H groups in total. The maximum atomic E-state index is 11.5. The van der Waals surface area contributed by atoms with Gasteiger partial charge in [0.15, 0.2) is 0 Å². The Hall–Kier alpha value is -0.193. The van der Waals surface area contributed by atoms with Gasteiger partial charge in [0.05, 0.1) is 6.10 Å². The lowest BCUT2D eigenvalue weighted by Gasteiger charge is -2.55. The molecule has 1 aliphatic heterocycles. The van der Waals surface area contributed by atoms with Crippen LogP contribution in [0.1, 0.15) is 74.7 Å². The van der Waals surface area contributed by atoms with Gasteiger partial charge >= 0.3 is 8.56 Å². The molecule has 0 aliphatic carbocycles. The van der Waals surface area contributed by atoms with Crippen molar-refractivity contribution in [1.82, 2.24) is 0 Å². The lowest BCUT2D eigenvalue weighted by Crippen LogP contribution is -2.63. The Labute approximate surface area is 125 Å². The minimum Gasteiger partial charge on any atom is -0.390 e. The first-order chi connectivity index (χ1) is 8.93. The van der Waals surface area contributed by atoms with Crippen molar-refractivity contribution in [1.29, 1.82) is 0 Å². The van der Waals surface area contributed by atoms with Crippen molar-refractivity contribution in [3.8, 4) is 0 Å². The molecule has 1 rings (SSSR count). The molecule has 0 amide bonds. The minimum absolute atomic E-state index is 0.0197. The van der Waals surface area contributed by atoms with Crippen molar-refractivity contribution in [2.75, 3.05) is 0 Å². The van der Waals surface area contributed by atoms with E-state index in [4.69, 9.17) is 8.85 Å². The molecule has 1 heterocycles. The van der Waals surface area contributed by atoms with Crippen molar-refractivity contribution in [2.24, 2.45) is 0 Å². The number of hydrogen-bond donors (Lipinski definition) is 0. The van der Waals surface area contributed by atoms with Crippen LogP contribution in [-0.4, -0.2) is 26.6 Å². The Morgan fingerprint density at radius 2 is 1.50 bits per heavy atom. The van der Waals surface area contributed by atoms with Gasteiger partial charge in [0.25, 0.3) is 0 Å². The first kappa shape index (κ1) is 17.9. The summed E-state index contributed by atoms with van der Waals surface area (Å²) in [4.78, 5) is 11.5. The molecule has 0 aromatic heterocycles. The van der Waals surface area contributed by atoms with E-state index in [9.17, 15) is 4.79 Å². The first-order valence-electron chi connectivity index (χ1n) is 7.78. The van der Waals surface area contributed by atoms with Crippen LogP contribution >= 0.6 is 0 Å². The van der Waals surface area contributed by atoms with Crippen molar-refractivity contribution in [3.05, 3.63) is 0 Å². The van der Waals surface area contributed by atoms with Crippen molar-refractivity contribution in [2.45, 2.75) is 96.9 Å². The van der Waals surface area contributed by atoms with Crippen molar-refractivity contribution in [3.63, 3.8) is 0 Å². The Balaban J connectivity index is 3.18. The van der Waals surface area contributed by atoms with E-state index in [1.165, 1.54) is 0 Å². The number of ketones is 1. The quantitative estimate of drug-likeness (QED) is 0.715. The molecule has 0 radical (unpaired) electrons. The normalized spacial score (nSPS) is 27.4. The molecular formula is C16H32O3Si. The lowest BCUT2D eigenvalue weighted by molar-refractivity contribution is -0.120. The minimum atomic E-state index is -2.45. The summed E-state index contributed by atoms with van der Waals surface area (Å²) in [6.07, 6.45) is 2.59. The lowest BCUT2D eigenvalue weighted by atomic mass is 10.1. The molecule has 0 aromatic rings. The zero-order valence-electron chi connectivity index (χ0n) is 14.5. The summed E-state index contributed by atoms with van der Waals surface area (Å²) in [5.74, 6) is 0.206. The summed E-state index contributed by atoms with van der Waals surface area (Å²) in [5.41, 5.74) is 0. The largest absolute Gasteiger partial charge is 0.390 e. The van der Waals surface area contributed by atoms with Gasteiger partial charge in [0.2, 0.25) is 0 Å². The molecular weight excluding hydrogens is 268 g/mol. The molecule has 118 valence electrons. The second-order valence-electron chi connectivity index (χ2n) is 8.15. The van der Waals surface area contributed by atoms with Gasteiger partial charge in [-0.1, -0.05) is 48.5 Å². The third-order valence-electron chi connectivity index (χ3n) is 4.14. The van der Waals surface area contributed by atoms with Crippen LogP contribution in [0.5, 0.6) is 0 Å². The highest BCUT2D eigenvalue weighted by Gasteiger charge is 2.61. The first-order valence-corrected chi connectivity index (χ1v) is 9.59. The molecule has 4 heteroatoms. The van der Waals surface area contributed by atoms with E-state index in [2.05, 4.69) is 48.5 Å². The van der Waals surface area contributed by atoms with Gasteiger partial charge in [0, 0.05) is 22.6 Å². The van der Waals surface area contributed by atoms with Crippen LogP contribution in [0.15, 0.2) is 0 Å². The van der Waals surface area contributed by atoms with Gasteiger partial charge in [-0.25, -0.2) is 0 Å². The maximum Gasteiger partial charge on any atom is 0.349 e. The van der Waals surface area contributed by atoms with E-state index < -0.39 is 8.56 Å². The van der Waals surface area contributed by atoms with Crippen LogP contribution in [0.25, 0.3) is 0 Å². The fourth-order valence-electron chi connectivity index (χ4n) is 3.41. The topological polar surface area (TPSA) is 35.5 Å². The zero-order valence-corrected chi connectivity index (χ0v) is 15.5. The van der Waals surface area contributed by atoms with E-state index in [0.717, 1.165) is 12.8 Å². The smallest absolute Gasteiger partial charge is 0.349 e. The third kappa shape index (κ3) is 3.52. The Morgan fingerprint density at radius 1 is 1.05 bits per heavy atom. The van der Waals surface area contributed by atoms with Crippen molar-refractivity contribution >= 4 is 14.3 Å². The maximum absolute atomic E-state index is 11.5. The SMILES string of the molecule is CC[C@@H]1C[C@@H](CC(C)=O)O[Si](C(C)(C)C)(C(C)(C)C)O1. The summed E-state index contributed by atoms with van der Waals surface area (Å²) >= 11 is 0. The molecule has 1 saturated heterocycles. The highest BCUT2D eigenvalue weighted by molar-refractivity contribution is 6.73. The molecule has 1 aliphatic rings. The Kier molecular flexibility index (Phi) is 5.26. The van der Waals surface area contributed by atoms with Gasteiger partial charge < -0.3 is 8.85 Å². The second kappa shape index (κ2) is 5.89. The Morgan fingerprint density at radius 3 is 1.85 bits per heavy atom. The van der Waals surface area contributed by atoms with Gasteiger partial charge in [0.1, 0.15) is 5.78 Å². The van der Waals surface area contributed by atoms with E-state index in [0.29, 0.717) is 6.42 Å². The summed E-state index contributed by atoms with van der Waals surface area (Å²) in [5, 5.41) is -0.0394. The fourth-order valence-corrected chi connectivity index (χ4v) is 8.52. The summed E-state index contributed by atoms with van der Waals surface area (Å²) in [6.45, 7) is 17.1. The van der Waals surface area contributed by atoms with Crippen LogP contribution in [0, 0.1) is 0 Å². The summed E-state index contributed by atoms with van der Waals surface area (Å²) in [7, 11) is -2.45. The van der Waals surface area contributed by atoms with E-state index >= 15 is 0 Å². The van der Waals surface area contributed by atoms with Gasteiger partial charge in [-0.2, -0.15) is 0 Å². The summed E-state index contributed by atoms with van der Waals surface area (Å²) in [6, 6.07) is 0. The van der Waals surface area contributed by atoms with Gasteiger partial charge in [-0.3, -0.25) is 4.79 Å². The van der Waals surface area contributed by atoms with Crippen LogP contribution in [0.3, 0.4) is 0 Å². The van der Waals surface area contributed by atoms with Crippen molar-refractivity contribution < 1.29 is 13.6 Å². The highest BCUT2D eigenvalue weighted by atomic mass is 28.4. The van der Waals surface area contributed by atoms with Gasteiger partial charge in [-0.05, 0) is 19.8 Å². The predicted molar refractivity (Wildman–Crippen MR) is 85.1 cm³/mol. The van der Waals surface area contributed by atoms with E-state index in [1.54, 1.807) is 6.92 Å². The summed E-state index contributed by atoms with van der Waals surface area (Å²) < 4.78 is 13.1. The molecule has 0 spiro atoms. The molecule has 0 bridgehead atoms. The fraction of sp³-hybridized carbons (Fsp3) is 0.938. The number of carbonyl (C=O) groups is 1. The zero-order chi connectivity index (χ0) is 15.8. The number of carbonyl (C=O) groups excluding carboxylic acids is 1. The molecule has 0 aromatic carbocycles.